The van der Waals surface area contributed by atoms with Crippen molar-refractivity contribution >= 4 is 34.1 Å². The number of Topliss-reactive ketones (excluding diaryl/α,β-unsaturated/α-hetero) is 1. The second-order valence-electron chi connectivity index (χ2n) is 5.83. The number of carbonyl (C=O) groups is 1. The van der Waals surface area contributed by atoms with Gasteiger partial charge in [0.2, 0.25) is 0 Å². The Labute approximate surface area is 134 Å². The number of aromatic nitrogens is 2. The van der Waals surface area contributed by atoms with Crippen LogP contribution in [0.5, 0.6) is 0 Å². The van der Waals surface area contributed by atoms with E-state index in [1.807, 2.05) is 6.07 Å². The fourth-order valence-electron chi connectivity index (χ4n) is 2.81. The topological polar surface area (TPSA) is 58.1 Å². The average Bonchev–Trinajstić information content (AvgIpc) is 2.49. The van der Waals surface area contributed by atoms with Crippen LogP contribution in [0, 0.1) is 0 Å². The van der Waals surface area contributed by atoms with Crippen LogP contribution in [0.3, 0.4) is 0 Å². The summed E-state index contributed by atoms with van der Waals surface area (Å²) >= 11 is 6.03. The summed E-state index contributed by atoms with van der Waals surface area (Å²) in [6, 6.07) is 3.87. The molecule has 1 N–H and O–H groups in total. The lowest BCUT2D eigenvalue weighted by Crippen LogP contribution is -2.37. The number of piperidine rings is 1. The smallest absolute Gasteiger partial charge is 0.163 e. The molecule has 0 aliphatic carbocycles. The van der Waals surface area contributed by atoms with E-state index in [0.717, 1.165) is 37.1 Å². The Kier molecular flexibility index (Phi) is 4.27. The zero-order chi connectivity index (χ0) is 15.7. The van der Waals surface area contributed by atoms with E-state index in [1.165, 1.54) is 0 Å². The lowest BCUT2D eigenvalue weighted by Gasteiger charge is -2.30. The number of anilines is 1. The summed E-state index contributed by atoms with van der Waals surface area (Å²) in [5, 5.41) is 3.92. The fraction of sp³-hybridized carbons (Fsp3) is 0.438. The minimum absolute atomic E-state index is 0.0217. The van der Waals surface area contributed by atoms with Crippen molar-refractivity contribution in [3.8, 4) is 0 Å². The number of nitrogens with zero attached hydrogens (tertiary/aromatic N) is 3. The third kappa shape index (κ3) is 3.05. The van der Waals surface area contributed by atoms with Gasteiger partial charge in [-0.25, -0.2) is 4.98 Å². The number of fused-ring (bicyclic) bond motifs is 1. The van der Waals surface area contributed by atoms with Crippen molar-refractivity contribution in [1.29, 1.82) is 0 Å². The highest BCUT2D eigenvalue weighted by Crippen LogP contribution is 2.28. The van der Waals surface area contributed by atoms with Crippen LogP contribution < -0.4 is 5.32 Å². The Bertz CT molecular complexity index is 711. The van der Waals surface area contributed by atoms with Gasteiger partial charge < -0.3 is 10.2 Å². The van der Waals surface area contributed by atoms with Gasteiger partial charge in [0, 0.05) is 12.2 Å². The molecule has 2 aromatic rings. The standard InChI is InChI=1S/C16H19ClN4O/c1-10(22)12-9-18-13-3-4-14(17)20-16(13)15(12)19-11-5-7-21(2)8-6-11/h3-4,9,11H,5-8H2,1-2H3,(H,18,19). The van der Waals surface area contributed by atoms with Gasteiger partial charge in [-0.2, -0.15) is 0 Å². The largest absolute Gasteiger partial charge is 0.380 e. The third-order valence-electron chi connectivity index (χ3n) is 4.13. The van der Waals surface area contributed by atoms with Crippen molar-refractivity contribution in [1.82, 2.24) is 14.9 Å². The van der Waals surface area contributed by atoms with Gasteiger partial charge in [-0.1, -0.05) is 11.6 Å². The average molecular weight is 319 g/mol. The number of ketones is 1. The summed E-state index contributed by atoms with van der Waals surface area (Å²) in [4.78, 5) is 22.9. The summed E-state index contributed by atoms with van der Waals surface area (Å²) in [5.41, 5.74) is 2.74. The highest BCUT2D eigenvalue weighted by molar-refractivity contribution is 6.30. The van der Waals surface area contributed by atoms with E-state index in [-0.39, 0.29) is 5.78 Å². The van der Waals surface area contributed by atoms with Crippen molar-refractivity contribution in [3.63, 3.8) is 0 Å². The molecule has 0 unspecified atom stereocenters. The maximum atomic E-state index is 11.9. The molecule has 1 fully saturated rings. The summed E-state index contributed by atoms with van der Waals surface area (Å²) in [6.45, 7) is 3.64. The van der Waals surface area contributed by atoms with Crippen LogP contribution in [-0.2, 0) is 0 Å². The molecule has 0 atom stereocenters. The molecule has 0 spiro atoms. The monoisotopic (exact) mass is 318 g/mol. The molecule has 2 aromatic heterocycles. The minimum Gasteiger partial charge on any atom is -0.380 e. The van der Waals surface area contributed by atoms with Gasteiger partial charge in [-0.3, -0.25) is 9.78 Å². The van der Waals surface area contributed by atoms with Gasteiger partial charge in [0.15, 0.2) is 5.78 Å². The fourth-order valence-corrected chi connectivity index (χ4v) is 2.96. The van der Waals surface area contributed by atoms with Crippen molar-refractivity contribution in [2.75, 3.05) is 25.5 Å². The first-order valence-electron chi connectivity index (χ1n) is 7.46. The summed E-state index contributed by atoms with van der Waals surface area (Å²) < 4.78 is 0. The summed E-state index contributed by atoms with van der Waals surface area (Å²) in [7, 11) is 2.13. The lowest BCUT2D eigenvalue weighted by molar-refractivity contribution is 0.101. The van der Waals surface area contributed by atoms with Gasteiger partial charge in [-0.15, -0.1) is 0 Å². The molecule has 116 valence electrons. The Morgan fingerprint density at radius 2 is 2.09 bits per heavy atom. The molecule has 0 amide bonds. The molecule has 0 aromatic carbocycles. The number of carbonyl (C=O) groups excluding carboxylic acids is 1. The second kappa shape index (κ2) is 6.18. The van der Waals surface area contributed by atoms with E-state index >= 15 is 0 Å². The molecule has 1 aliphatic rings. The Hall–Kier alpha value is -1.72. The maximum absolute atomic E-state index is 11.9. The quantitative estimate of drug-likeness (QED) is 0.696. The van der Waals surface area contributed by atoms with Gasteiger partial charge in [0.1, 0.15) is 10.7 Å². The van der Waals surface area contributed by atoms with E-state index in [1.54, 1.807) is 19.2 Å². The molecule has 0 bridgehead atoms. The van der Waals surface area contributed by atoms with Crippen LogP contribution in [0.4, 0.5) is 5.69 Å². The predicted molar refractivity (Wildman–Crippen MR) is 88.7 cm³/mol. The normalized spacial score (nSPS) is 16.9. The first kappa shape index (κ1) is 15.2. The maximum Gasteiger partial charge on any atom is 0.163 e. The van der Waals surface area contributed by atoms with Crippen molar-refractivity contribution in [2.45, 2.75) is 25.8 Å². The molecule has 1 aliphatic heterocycles. The van der Waals surface area contributed by atoms with Crippen LogP contribution in [0.2, 0.25) is 5.15 Å². The van der Waals surface area contributed by atoms with Gasteiger partial charge >= 0.3 is 0 Å². The van der Waals surface area contributed by atoms with Crippen molar-refractivity contribution in [2.24, 2.45) is 0 Å². The van der Waals surface area contributed by atoms with E-state index in [0.29, 0.717) is 22.3 Å². The highest BCUT2D eigenvalue weighted by Gasteiger charge is 2.21. The molecule has 3 rings (SSSR count). The molecular weight excluding hydrogens is 300 g/mol. The Morgan fingerprint density at radius 3 is 2.77 bits per heavy atom. The van der Waals surface area contributed by atoms with Crippen LogP contribution >= 0.6 is 11.6 Å². The third-order valence-corrected chi connectivity index (χ3v) is 4.34. The predicted octanol–water partition coefficient (Wildman–Crippen LogP) is 2.99. The Balaban J connectivity index is 2.02. The molecule has 3 heterocycles. The van der Waals surface area contributed by atoms with Gasteiger partial charge in [0.25, 0.3) is 0 Å². The molecule has 0 radical (unpaired) electrons. The van der Waals surface area contributed by atoms with E-state index in [4.69, 9.17) is 11.6 Å². The highest BCUT2D eigenvalue weighted by atomic mass is 35.5. The van der Waals surface area contributed by atoms with E-state index in [2.05, 4.69) is 27.2 Å². The van der Waals surface area contributed by atoms with Crippen molar-refractivity contribution in [3.05, 3.63) is 29.0 Å². The van der Waals surface area contributed by atoms with Crippen LogP contribution in [0.15, 0.2) is 18.3 Å². The van der Waals surface area contributed by atoms with Crippen molar-refractivity contribution < 1.29 is 4.79 Å². The molecule has 22 heavy (non-hydrogen) atoms. The van der Waals surface area contributed by atoms with E-state index < -0.39 is 0 Å². The van der Waals surface area contributed by atoms with Crippen LogP contribution in [-0.4, -0.2) is 46.8 Å². The molecule has 5 nitrogen and oxygen atoms in total. The number of halogens is 1. The zero-order valence-corrected chi connectivity index (χ0v) is 13.5. The summed E-state index contributed by atoms with van der Waals surface area (Å²) in [5.74, 6) is -0.0217. The van der Waals surface area contributed by atoms with E-state index in [9.17, 15) is 4.79 Å². The molecular formula is C16H19ClN4O. The van der Waals surface area contributed by atoms with Crippen LogP contribution in [0.1, 0.15) is 30.1 Å². The zero-order valence-electron chi connectivity index (χ0n) is 12.8. The number of hydrogen-bond donors (Lipinski definition) is 1. The molecule has 1 saturated heterocycles. The molecule has 0 saturated carbocycles. The van der Waals surface area contributed by atoms with Crippen LogP contribution in [0.25, 0.3) is 11.0 Å². The number of nitrogens with one attached hydrogen (secondary N) is 1. The Morgan fingerprint density at radius 1 is 1.36 bits per heavy atom. The minimum atomic E-state index is -0.0217. The van der Waals surface area contributed by atoms with Gasteiger partial charge in [0.05, 0.1) is 16.8 Å². The number of hydrogen-bond acceptors (Lipinski definition) is 5. The SMILES string of the molecule is CC(=O)c1cnc2ccc(Cl)nc2c1NC1CCN(C)CC1. The first-order chi connectivity index (χ1) is 10.5. The summed E-state index contributed by atoms with van der Waals surface area (Å²) in [6.07, 6.45) is 3.70. The number of pyridine rings is 2. The number of rotatable bonds is 3. The second-order valence-corrected chi connectivity index (χ2v) is 6.21. The first-order valence-corrected chi connectivity index (χ1v) is 7.83. The lowest BCUT2D eigenvalue weighted by atomic mass is 10.0. The van der Waals surface area contributed by atoms with Gasteiger partial charge in [-0.05, 0) is 52.0 Å². The molecule has 6 heteroatoms. The number of likely N-dealkylation sites (tertiary alicyclic amines) is 1.